The highest BCUT2D eigenvalue weighted by Crippen LogP contribution is 2.30. The summed E-state index contributed by atoms with van der Waals surface area (Å²) in [6, 6.07) is 6.19. The summed E-state index contributed by atoms with van der Waals surface area (Å²) in [5.74, 6) is -0.648. The summed E-state index contributed by atoms with van der Waals surface area (Å²) in [4.78, 5) is 16.1. The van der Waals surface area contributed by atoms with E-state index in [-0.39, 0.29) is 17.6 Å². The van der Waals surface area contributed by atoms with Gasteiger partial charge in [-0.15, -0.1) is 0 Å². The van der Waals surface area contributed by atoms with Crippen LogP contribution >= 0.6 is 0 Å². The van der Waals surface area contributed by atoms with Gasteiger partial charge in [-0.05, 0) is 31.0 Å². The number of amides is 1. The molecule has 1 aromatic carbocycles. The maximum absolute atomic E-state index is 12.6. The van der Waals surface area contributed by atoms with Crippen LogP contribution in [0.25, 0.3) is 11.4 Å². The van der Waals surface area contributed by atoms with Gasteiger partial charge in [0, 0.05) is 24.8 Å². The van der Waals surface area contributed by atoms with Gasteiger partial charge in [-0.1, -0.05) is 24.2 Å². The molecule has 0 bridgehead atoms. The molecule has 28 heavy (non-hydrogen) atoms. The number of benzene rings is 1. The summed E-state index contributed by atoms with van der Waals surface area (Å²) >= 11 is 0. The van der Waals surface area contributed by atoms with Crippen molar-refractivity contribution in [1.29, 1.82) is 0 Å². The van der Waals surface area contributed by atoms with Gasteiger partial charge in [0.2, 0.25) is 5.82 Å². The van der Waals surface area contributed by atoms with E-state index in [0.29, 0.717) is 18.7 Å². The minimum atomic E-state index is -4.42. The molecule has 2 heterocycles. The van der Waals surface area contributed by atoms with Gasteiger partial charge in [-0.25, -0.2) is 0 Å². The molecule has 10 heteroatoms. The van der Waals surface area contributed by atoms with Gasteiger partial charge >= 0.3 is 18.0 Å². The van der Waals surface area contributed by atoms with E-state index in [1.807, 2.05) is 26.1 Å². The van der Waals surface area contributed by atoms with E-state index in [1.165, 1.54) is 12.1 Å². The van der Waals surface area contributed by atoms with E-state index < -0.39 is 17.6 Å². The highest BCUT2D eigenvalue weighted by Gasteiger charge is 2.30. The molecule has 0 saturated heterocycles. The first-order chi connectivity index (χ1) is 13.2. The van der Waals surface area contributed by atoms with Gasteiger partial charge in [-0.3, -0.25) is 9.48 Å². The number of rotatable bonds is 6. The zero-order chi connectivity index (χ0) is 20.3. The number of nitrogens with one attached hydrogen (secondary N) is 1. The number of halogens is 3. The Bertz CT molecular complexity index is 947. The summed E-state index contributed by atoms with van der Waals surface area (Å²) in [5, 5.41) is 10.6. The third-order valence-corrected chi connectivity index (χ3v) is 3.97. The summed E-state index contributed by atoms with van der Waals surface area (Å²) in [6.45, 7) is 4.86. The predicted octanol–water partition coefficient (Wildman–Crippen LogP) is 3.33. The lowest BCUT2D eigenvalue weighted by molar-refractivity contribution is -0.137. The van der Waals surface area contributed by atoms with Crippen molar-refractivity contribution < 1.29 is 22.5 Å². The van der Waals surface area contributed by atoms with E-state index in [4.69, 9.17) is 4.52 Å². The standard InChI is InChI=1S/C18H18F3N5O2/c1-11(10-26-8-7-12(2)24-26)9-22-16(27)17-23-15(25-28-17)13-3-5-14(6-4-13)18(19,20)21/h3-8,11H,9-10H2,1-2H3,(H,22,27)/t11-/m1/s1. The molecule has 3 aromatic rings. The fourth-order valence-corrected chi connectivity index (χ4v) is 2.53. The van der Waals surface area contributed by atoms with Crippen LogP contribution in [0.15, 0.2) is 41.1 Å². The molecule has 148 valence electrons. The van der Waals surface area contributed by atoms with Crippen LogP contribution in [0.2, 0.25) is 0 Å². The number of hydrogen-bond donors (Lipinski definition) is 1. The largest absolute Gasteiger partial charge is 0.416 e. The van der Waals surface area contributed by atoms with Crippen LogP contribution in [0.5, 0.6) is 0 Å². The minimum absolute atomic E-state index is 0.0407. The van der Waals surface area contributed by atoms with Crippen molar-refractivity contribution in [2.75, 3.05) is 6.54 Å². The van der Waals surface area contributed by atoms with Crippen LogP contribution in [-0.2, 0) is 12.7 Å². The average molecular weight is 393 g/mol. The third kappa shape index (κ3) is 4.76. The highest BCUT2D eigenvalue weighted by atomic mass is 19.4. The van der Waals surface area contributed by atoms with E-state index in [0.717, 1.165) is 17.8 Å². The predicted molar refractivity (Wildman–Crippen MR) is 93.2 cm³/mol. The number of carbonyl (C=O) groups is 1. The molecule has 3 rings (SSSR count). The van der Waals surface area contributed by atoms with Crippen molar-refractivity contribution in [2.45, 2.75) is 26.6 Å². The first-order valence-electron chi connectivity index (χ1n) is 8.52. The van der Waals surface area contributed by atoms with Crippen molar-refractivity contribution in [3.63, 3.8) is 0 Å². The lowest BCUT2D eigenvalue weighted by Gasteiger charge is -2.11. The lowest BCUT2D eigenvalue weighted by atomic mass is 10.1. The second-order valence-electron chi connectivity index (χ2n) is 6.49. The fraction of sp³-hybridized carbons (Fsp3) is 0.333. The van der Waals surface area contributed by atoms with Crippen LogP contribution in [0.1, 0.15) is 28.9 Å². The summed E-state index contributed by atoms with van der Waals surface area (Å²) in [5.41, 5.74) is 0.454. The topological polar surface area (TPSA) is 85.8 Å². The van der Waals surface area contributed by atoms with E-state index in [1.54, 1.807) is 4.68 Å². The molecule has 0 unspecified atom stereocenters. The molecule has 1 amide bonds. The van der Waals surface area contributed by atoms with Crippen LogP contribution in [-0.4, -0.2) is 32.4 Å². The van der Waals surface area contributed by atoms with E-state index in [9.17, 15) is 18.0 Å². The van der Waals surface area contributed by atoms with Gasteiger partial charge in [0.05, 0.1) is 11.3 Å². The normalized spacial score (nSPS) is 12.8. The lowest BCUT2D eigenvalue weighted by Crippen LogP contribution is -2.30. The van der Waals surface area contributed by atoms with Gasteiger partial charge < -0.3 is 9.84 Å². The zero-order valence-corrected chi connectivity index (χ0v) is 15.2. The first-order valence-corrected chi connectivity index (χ1v) is 8.52. The Labute approximate surface area is 158 Å². The van der Waals surface area contributed by atoms with Crippen molar-refractivity contribution in [3.8, 4) is 11.4 Å². The van der Waals surface area contributed by atoms with Gasteiger partial charge in [0.15, 0.2) is 0 Å². The van der Waals surface area contributed by atoms with E-state index >= 15 is 0 Å². The average Bonchev–Trinajstić information content (AvgIpc) is 3.28. The van der Waals surface area contributed by atoms with Crippen molar-refractivity contribution >= 4 is 5.91 Å². The molecule has 0 fully saturated rings. The van der Waals surface area contributed by atoms with Crippen LogP contribution < -0.4 is 5.32 Å². The fourth-order valence-electron chi connectivity index (χ4n) is 2.53. The molecule has 1 atom stereocenters. The molecule has 0 saturated carbocycles. The first kappa shape index (κ1) is 19.6. The molecule has 0 radical (unpaired) electrons. The number of alkyl halides is 3. The number of nitrogens with zero attached hydrogens (tertiary/aromatic N) is 4. The Balaban J connectivity index is 1.57. The van der Waals surface area contributed by atoms with Gasteiger partial charge in [0.25, 0.3) is 0 Å². The van der Waals surface area contributed by atoms with Crippen molar-refractivity contribution in [3.05, 3.63) is 53.7 Å². The number of aryl methyl sites for hydroxylation is 1. The Morgan fingerprint density at radius 3 is 2.57 bits per heavy atom. The minimum Gasteiger partial charge on any atom is -0.347 e. The molecular formula is C18H18F3N5O2. The summed E-state index contributed by atoms with van der Waals surface area (Å²) in [7, 11) is 0. The maximum Gasteiger partial charge on any atom is 0.416 e. The van der Waals surface area contributed by atoms with Crippen molar-refractivity contribution in [1.82, 2.24) is 25.2 Å². The van der Waals surface area contributed by atoms with Gasteiger partial charge in [-0.2, -0.15) is 23.3 Å². The molecular weight excluding hydrogens is 375 g/mol. The van der Waals surface area contributed by atoms with Crippen LogP contribution in [0, 0.1) is 12.8 Å². The Morgan fingerprint density at radius 1 is 1.25 bits per heavy atom. The number of aromatic nitrogens is 4. The SMILES string of the molecule is Cc1ccn(C[C@H](C)CNC(=O)c2nc(-c3ccc(C(F)(F)F)cc3)no2)n1. The molecule has 0 aliphatic rings. The monoisotopic (exact) mass is 393 g/mol. The number of carbonyl (C=O) groups excluding carboxylic acids is 1. The summed E-state index contributed by atoms with van der Waals surface area (Å²) < 4.78 is 44.6. The quantitative estimate of drug-likeness (QED) is 0.694. The smallest absolute Gasteiger partial charge is 0.347 e. The molecule has 0 aliphatic heterocycles. The van der Waals surface area contributed by atoms with Crippen LogP contribution in [0.4, 0.5) is 13.2 Å². The molecule has 2 aromatic heterocycles. The molecule has 0 spiro atoms. The third-order valence-electron chi connectivity index (χ3n) is 3.97. The Morgan fingerprint density at radius 2 is 1.96 bits per heavy atom. The Hall–Kier alpha value is -3.17. The highest BCUT2D eigenvalue weighted by molar-refractivity contribution is 5.89. The molecule has 1 N–H and O–H groups in total. The van der Waals surface area contributed by atoms with Crippen LogP contribution in [0.3, 0.4) is 0 Å². The second-order valence-corrected chi connectivity index (χ2v) is 6.49. The second kappa shape index (κ2) is 7.83. The van der Waals surface area contributed by atoms with E-state index in [2.05, 4.69) is 20.6 Å². The maximum atomic E-state index is 12.6. The number of hydrogen-bond acceptors (Lipinski definition) is 5. The van der Waals surface area contributed by atoms with Gasteiger partial charge in [0.1, 0.15) is 0 Å². The Kier molecular flexibility index (Phi) is 5.48. The van der Waals surface area contributed by atoms with Crippen molar-refractivity contribution in [2.24, 2.45) is 5.92 Å². The zero-order valence-electron chi connectivity index (χ0n) is 15.2. The summed E-state index contributed by atoms with van der Waals surface area (Å²) in [6.07, 6.45) is -2.56. The molecule has 7 nitrogen and oxygen atoms in total. The molecule has 0 aliphatic carbocycles.